The van der Waals surface area contributed by atoms with Crippen molar-refractivity contribution in [2.45, 2.75) is 11.8 Å². The highest BCUT2D eigenvalue weighted by atomic mass is 32.2. The number of ether oxygens (including phenoxy) is 2. The predicted molar refractivity (Wildman–Crippen MR) is 73.3 cm³/mol. The van der Waals surface area contributed by atoms with E-state index in [2.05, 4.69) is 5.32 Å². The predicted octanol–water partition coefficient (Wildman–Crippen LogP) is 2.14. The topological polar surface area (TPSA) is 67.8 Å². The monoisotopic (exact) mass is 281 g/mol. The van der Waals surface area contributed by atoms with Crippen LogP contribution >= 0.6 is 11.8 Å². The van der Waals surface area contributed by atoms with Crippen molar-refractivity contribution in [2.24, 2.45) is 0 Å². The van der Waals surface area contributed by atoms with Crippen molar-refractivity contribution in [1.82, 2.24) is 5.32 Å². The fourth-order valence-corrected chi connectivity index (χ4v) is 2.93. The van der Waals surface area contributed by atoms with Crippen LogP contribution in [0.2, 0.25) is 0 Å². The van der Waals surface area contributed by atoms with Crippen LogP contribution in [0.5, 0.6) is 11.5 Å². The Morgan fingerprint density at radius 1 is 1.32 bits per heavy atom. The van der Waals surface area contributed by atoms with Crippen LogP contribution in [0.1, 0.15) is 12.5 Å². The molecular weight excluding hydrogens is 266 g/mol. The second-order valence-corrected chi connectivity index (χ2v) is 5.18. The van der Waals surface area contributed by atoms with E-state index in [9.17, 15) is 9.90 Å². The number of carboxylic acid groups (broad SMARTS) is 1. The average molecular weight is 281 g/mol. The van der Waals surface area contributed by atoms with E-state index in [1.807, 2.05) is 6.92 Å². The molecule has 1 heterocycles. The van der Waals surface area contributed by atoms with E-state index in [1.54, 1.807) is 30.7 Å². The molecule has 0 bridgehead atoms. The molecule has 1 aliphatic rings. The van der Waals surface area contributed by atoms with Crippen LogP contribution in [0.3, 0.4) is 0 Å². The number of hydrogen-bond acceptors (Lipinski definition) is 5. The van der Waals surface area contributed by atoms with Crippen molar-refractivity contribution in [2.75, 3.05) is 14.2 Å². The van der Waals surface area contributed by atoms with Gasteiger partial charge >= 0.3 is 5.97 Å². The third-order valence-corrected chi connectivity index (χ3v) is 4.21. The molecule has 0 unspecified atom stereocenters. The number of carboxylic acids is 1. The first-order valence-corrected chi connectivity index (χ1v) is 6.50. The smallest absolute Gasteiger partial charge is 0.345 e. The molecule has 2 rings (SSSR count). The molecule has 0 spiro atoms. The van der Waals surface area contributed by atoms with Gasteiger partial charge in [-0.3, -0.25) is 0 Å². The SMILES string of the molecule is COc1ccc([C@]2(C(=O)O)NC(C)=CS2)cc1OC. The number of rotatable bonds is 4. The van der Waals surface area contributed by atoms with Gasteiger partial charge in [0, 0.05) is 11.3 Å². The van der Waals surface area contributed by atoms with Crippen LogP contribution < -0.4 is 14.8 Å². The van der Waals surface area contributed by atoms with Crippen LogP contribution in [0.15, 0.2) is 29.3 Å². The average Bonchev–Trinajstić information content (AvgIpc) is 2.81. The van der Waals surface area contributed by atoms with Gasteiger partial charge in [-0.25, -0.2) is 4.79 Å². The number of thioether (sulfide) groups is 1. The summed E-state index contributed by atoms with van der Waals surface area (Å²) in [6, 6.07) is 5.11. The Morgan fingerprint density at radius 3 is 2.47 bits per heavy atom. The highest BCUT2D eigenvalue weighted by Crippen LogP contribution is 2.43. The molecule has 2 N–H and O–H groups in total. The first kappa shape index (κ1) is 13.6. The van der Waals surface area contributed by atoms with E-state index in [0.717, 1.165) is 5.70 Å². The summed E-state index contributed by atoms with van der Waals surface area (Å²) in [5.41, 5.74) is 1.43. The number of hydrogen-bond donors (Lipinski definition) is 2. The van der Waals surface area contributed by atoms with Gasteiger partial charge in [0.05, 0.1) is 14.2 Å². The summed E-state index contributed by atoms with van der Waals surface area (Å²) in [5.74, 6) is 0.130. The number of allylic oxidation sites excluding steroid dienone is 1. The molecule has 1 aromatic rings. The van der Waals surface area contributed by atoms with Gasteiger partial charge in [0.15, 0.2) is 11.5 Å². The van der Waals surface area contributed by atoms with Crippen molar-refractivity contribution >= 4 is 17.7 Å². The maximum atomic E-state index is 11.6. The van der Waals surface area contributed by atoms with E-state index in [1.165, 1.54) is 18.9 Å². The number of carbonyl (C=O) groups is 1. The first-order chi connectivity index (χ1) is 9.03. The van der Waals surface area contributed by atoms with Crippen molar-refractivity contribution in [1.29, 1.82) is 0 Å². The summed E-state index contributed by atoms with van der Waals surface area (Å²) < 4.78 is 10.4. The van der Waals surface area contributed by atoms with E-state index < -0.39 is 10.8 Å². The minimum atomic E-state index is -1.20. The lowest BCUT2D eigenvalue weighted by atomic mass is 10.1. The molecule has 5 nitrogen and oxygen atoms in total. The summed E-state index contributed by atoms with van der Waals surface area (Å²) in [6.45, 7) is 1.83. The van der Waals surface area contributed by atoms with Gasteiger partial charge in [-0.05, 0) is 24.5 Å². The van der Waals surface area contributed by atoms with Gasteiger partial charge in [0.1, 0.15) is 0 Å². The van der Waals surface area contributed by atoms with E-state index in [0.29, 0.717) is 17.1 Å². The van der Waals surface area contributed by atoms with Gasteiger partial charge in [0.25, 0.3) is 0 Å². The van der Waals surface area contributed by atoms with Crippen LogP contribution in [-0.4, -0.2) is 25.3 Å². The molecule has 0 saturated carbocycles. The summed E-state index contributed by atoms with van der Waals surface area (Å²) >= 11 is 1.22. The second kappa shape index (κ2) is 5.05. The molecule has 19 heavy (non-hydrogen) atoms. The summed E-state index contributed by atoms with van der Waals surface area (Å²) in [4.78, 5) is 10.4. The Hall–Kier alpha value is -1.82. The zero-order chi connectivity index (χ0) is 14.0. The fraction of sp³-hybridized carbons (Fsp3) is 0.308. The van der Waals surface area contributed by atoms with Gasteiger partial charge in [0.2, 0.25) is 4.87 Å². The summed E-state index contributed by atoms with van der Waals surface area (Å²) in [6.07, 6.45) is 0. The third kappa shape index (κ3) is 2.23. The number of aliphatic carboxylic acids is 1. The lowest BCUT2D eigenvalue weighted by molar-refractivity contribution is -0.140. The van der Waals surface area contributed by atoms with Gasteiger partial charge in [-0.1, -0.05) is 17.8 Å². The zero-order valence-electron chi connectivity index (χ0n) is 10.9. The minimum absolute atomic E-state index is 0.507. The van der Waals surface area contributed by atoms with Crippen LogP contribution in [0.4, 0.5) is 0 Å². The van der Waals surface area contributed by atoms with Crippen molar-refractivity contribution in [3.63, 3.8) is 0 Å². The Bertz CT molecular complexity index is 543. The number of nitrogens with one attached hydrogen (secondary N) is 1. The van der Waals surface area contributed by atoms with Crippen molar-refractivity contribution < 1.29 is 19.4 Å². The molecule has 0 aromatic heterocycles. The van der Waals surface area contributed by atoms with Crippen LogP contribution in [0, 0.1) is 0 Å². The van der Waals surface area contributed by atoms with Crippen LogP contribution in [0.25, 0.3) is 0 Å². The molecule has 6 heteroatoms. The molecule has 0 radical (unpaired) electrons. The molecule has 102 valence electrons. The first-order valence-electron chi connectivity index (χ1n) is 5.62. The number of methoxy groups -OCH3 is 2. The standard InChI is InChI=1S/C13H15NO4S/c1-8-7-19-13(14-8,12(15)16)9-4-5-10(17-2)11(6-9)18-3/h4-7,14H,1-3H3,(H,15,16)/t13-/m0/s1. The van der Waals surface area contributed by atoms with Gasteiger partial charge in [-0.2, -0.15) is 0 Å². The Balaban J connectivity index is 2.47. The summed E-state index contributed by atoms with van der Waals surface area (Å²) in [5, 5.41) is 14.3. The van der Waals surface area contributed by atoms with Crippen molar-refractivity contribution in [3.05, 3.63) is 34.9 Å². The minimum Gasteiger partial charge on any atom is -0.493 e. The van der Waals surface area contributed by atoms with E-state index in [4.69, 9.17) is 9.47 Å². The quantitative estimate of drug-likeness (QED) is 0.881. The second-order valence-electron chi connectivity index (χ2n) is 4.10. The maximum absolute atomic E-state index is 11.6. The molecule has 1 aliphatic heterocycles. The molecule has 0 fully saturated rings. The third-order valence-electron chi connectivity index (χ3n) is 2.88. The van der Waals surface area contributed by atoms with Gasteiger partial charge in [-0.15, -0.1) is 0 Å². The Labute approximate surface area is 115 Å². The molecule has 1 atom stereocenters. The molecule has 1 aromatic carbocycles. The molecule has 0 saturated heterocycles. The Morgan fingerprint density at radius 2 is 2.00 bits per heavy atom. The van der Waals surface area contributed by atoms with Crippen LogP contribution in [-0.2, 0) is 9.67 Å². The largest absolute Gasteiger partial charge is 0.493 e. The molecule has 0 aliphatic carbocycles. The molecule has 0 amide bonds. The summed E-state index contributed by atoms with van der Waals surface area (Å²) in [7, 11) is 3.06. The highest BCUT2D eigenvalue weighted by Gasteiger charge is 2.44. The van der Waals surface area contributed by atoms with E-state index >= 15 is 0 Å². The normalized spacial score (nSPS) is 21.5. The lowest BCUT2D eigenvalue weighted by Crippen LogP contribution is -2.42. The highest BCUT2D eigenvalue weighted by molar-refractivity contribution is 8.03. The fourth-order valence-electron chi connectivity index (χ4n) is 1.94. The Kier molecular flexibility index (Phi) is 3.61. The van der Waals surface area contributed by atoms with E-state index in [-0.39, 0.29) is 0 Å². The molecular formula is C13H15NO4S. The zero-order valence-corrected chi connectivity index (χ0v) is 11.7. The van der Waals surface area contributed by atoms with Crippen molar-refractivity contribution in [3.8, 4) is 11.5 Å². The van der Waals surface area contributed by atoms with Gasteiger partial charge < -0.3 is 19.9 Å². The number of benzene rings is 1. The lowest BCUT2D eigenvalue weighted by Gasteiger charge is -2.26. The maximum Gasteiger partial charge on any atom is 0.345 e.